The quantitative estimate of drug-likeness (QED) is 0.283. The van der Waals surface area contributed by atoms with E-state index in [1.54, 1.807) is 16.7 Å². The number of amidine groups is 1. The molecule has 1 saturated heterocycles. The van der Waals surface area contributed by atoms with Crippen molar-refractivity contribution in [3.8, 4) is 0 Å². The molecule has 0 radical (unpaired) electrons. The number of nitrogens with zero attached hydrogens (tertiary/aromatic N) is 3. The molecule has 3 aromatic carbocycles. The Bertz CT molecular complexity index is 1300. The van der Waals surface area contributed by atoms with Crippen molar-refractivity contribution in [1.29, 1.82) is 0 Å². The average molecular weight is 484 g/mol. The topological polar surface area (TPSA) is 35.9 Å². The molecule has 0 saturated carbocycles. The van der Waals surface area contributed by atoms with Crippen LogP contribution >= 0.6 is 23.5 Å². The van der Waals surface area contributed by atoms with Gasteiger partial charge < -0.3 is 4.90 Å². The lowest BCUT2D eigenvalue weighted by Gasteiger charge is -2.19. The molecule has 0 spiro atoms. The van der Waals surface area contributed by atoms with Crippen LogP contribution < -0.4 is 4.90 Å². The number of thioether (sulfide) groups is 2. The molecule has 1 amide bonds. The first kappa shape index (κ1) is 22.6. The normalized spacial score (nSPS) is 19.0. The molecule has 2 heterocycles. The second-order valence-corrected chi connectivity index (χ2v) is 9.84. The zero-order valence-corrected chi connectivity index (χ0v) is 20.8. The number of para-hydroxylation sites is 1. The largest absolute Gasteiger partial charge is 0.334 e. The molecule has 2 aliphatic rings. The highest BCUT2D eigenvalue weighted by molar-refractivity contribution is 8.19. The maximum Gasteiger partial charge on any atom is 0.269 e. The molecule has 0 unspecified atom stereocenters. The summed E-state index contributed by atoms with van der Waals surface area (Å²) in [6.45, 7) is 5.51. The van der Waals surface area contributed by atoms with Gasteiger partial charge in [-0.2, -0.15) is 0 Å². The van der Waals surface area contributed by atoms with Gasteiger partial charge in [0.25, 0.3) is 5.91 Å². The second-order valence-electron chi connectivity index (χ2n) is 7.83. The Morgan fingerprint density at radius 2 is 1.41 bits per heavy atom. The maximum atomic E-state index is 13.3. The van der Waals surface area contributed by atoms with Gasteiger partial charge in [0.05, 0.1) is 11.4 Å². The summed E-state index contributed by atoms with van der Waals surface area (Å²) in [4.78, 5) is 24.1. The summed E-state index contributed by atoms with van der Waals surface area (Å²) in [5.74, 6) is 0.0300. The minimum Gasteiger partial charge on any atom is -0.334 e. The summed E-state index contributed by atoms with van der Waals surface area (Å²) in [6.07, 6.45) is 4.19. The Kier molecular flexibility index (Phi) is 6.61. The van der Waals surface area contributed by atoms with Crippen molar-refractivity contribution >= 4 is 58.1 Å². The van der Waals surface area contributed by atoms with Crippen molar-refractivity contribution in [2.45, 2.75) is 18.7 Å². The van der Waals surface area contributed by atoms with Crippen LogP contribution in [0, 0.1) is 0 Å². The number of fused-ring (bicyclic) bond motifs is 1. The monoisotopic (exact) mass is 483 g/mol. The van der Waals surface area contributed by atoms with Crippen molar-refractivity contribution in [3.05, 3.63) is 99.9 Å². The van der Waals surface area contributed by atoms with Gasteiger partial charge in [0.1, 0.15) is 9.93 Å². The fourth-order valence-corrected chi connectivity index (χ4v) is 6.40. The third-order valence-electron chi connectivity index (χ3n) is 5.68. The van der Waals surface area contributed by atoms with Crippen LogP contribution in [0.4, 0.5) is 11.4 Å². The van der Waals surface area contributed by atoms with Gasteiger partial charge in [0.15, 0.2) is 5.17 Å². The number of carbonyl (C=O) groups excluding carboxylic acids is 1. The van der Waals surface area contributed by atoms with E-state index in [0.29, 0.717) is 6.54 Å². The van der Waals surface area contributed by atoms with Crippen LogP contribution in [0.1, 0.15) is 25.0 Å². The Morgan fingerprint density at radius 1 is 0.765 bits per heavy atom. The number of aliphatic imine (C=N–C) groups is 1. The molecular formula is C28H25N3OS2. The molecule has 170 valence electrons. The van der Waals surface area contributed by atoms with Crippen LogP contribution in [0.2, 0.25) is 0 Å². The fraction of sp³-hybridized carbons (Fsp3) is 0.143. The van der Waals surface area contributed by atoms with Gasteiger partial charge in [-0.15, -0.1) is 0 Å². The molecule has 0 aliphatic carbocycles. The third kappa shape index (κ3) is 4.43. The highest BCUT2D eigenvalue weighted by Gasteiger charge is 2.38. The van der Waals surface area contributed by atoms with E-state index in [9.17, 15) is 4.79 Å². The lowest BCUT2D eigenvalue weighted by atomic mass is 10.1. The van der Waals surface area contributed by atoms with Crippen molar-refractivity contribution in [2.24, 2.45) is 4.99 Å². The smallest absolute Gasteiger partial charge is 0.269 e. The van der Waals surface area contributed by atoms with Gasteiger partial charge >= 0.3 is 0 Å². The molecule has 34 heavy (non-hydrogen) atoms. The van der Waals surface area contributed by atoms with E-state index in [1.165, 1.54) is 27.9 Å². The summed E-state index contributed by atoms with van der Waals surface area (Å²) in [5.41, 5.74) is 4.28. The minimum atomic E-state index is 0.0300. The Balaban J connectivity index is 1.40. The second kappa shape index (κ2) is 9.95. The molecule has 0 bridgehead atoms. The number of anilines is 1. The summed E-state index contributed by atoms with van der Waals surface area (Å²) in [6, 6.07) is 26.7. The standard InChI is InChI=1S/C28H25N3OS2/c1-3-30-23-12-8-9-13-24(23)33-27(30)25-26(32)31(4-2)28(34-25)29-22-18-16-21(17-19-22)15-14-20-10-6-5-7-11-20/h5-19H,3-4H2,1-2H3. The molecule has 0 N–H and O–H groups in total. The number of hydrogen-bond acceptors (Lipinski definition) is 5. The Morgan fingerprint density at radius 3 is 2.12 bits per heavy atom. The average Bonchev–Trinajstić information content (AvgIpc) is 3.40. The highest BCUT2D eigenvalue weighted by atomic mass is 32.2. The predicted octanol–water partition coefficient (Wildman–Crippen LogP) is 7.24. The van der Waals surface area contributed by atoms with E-state index in [2.05, 4.69) is 60.4 Å². The zero-order chi connectivity index (χ0) is 23.5. The van der Waals surface area contributed by atoms with E-state index in [4.69, 9.17) is 4.99 Å². The first-order valence-corrected chi connectivity index (χ1v) is 13.0. The number of rotatable bonds is 5. The number of carbonyl (C=O) groups is 1. The van der Waals surface area contributed by atoms with Gasteiger partial charge in [-0.25, -0.2) is 4.99 Å². The summed E-state index contributed by atoms with van der Waals surface area (Å²) in [5, 5.41) is 1.74. The summed E-state index contributed by atoms with van der Waals surface area (Å²) < 4.78 is 0. The van der Waals surface area contributed by atoms with E-state index in [-0.39, 0.29) is 5.91 Å². The van der Waals surface area contributed by atoms with Crippen LogP contribution in [0.25, 0.3) is 12.2 Å². The number of hydrogen-bond donors (Lipinski definition) is 0. The maximum absolute atomic E-state index is 13.3. The molecule has 1 fully saturated rings. The third-order valence-corrected chi connectivity index (χ3v) is 8.06. The van der Waals surface area contributed by atoms with E-state index in [1.807, 2.05) is 49.4 Å². The summed E-state index contributed by atoms with van der Waals surface area (Å²) in [7, 11) is 0. The first-order chi connectivity index (χ1) is 16.7. The predicted molar refractivity (Wildman–Crippen MR) is 146 cm³/mol. The molecule has 6 heteroatoms. The Labute approximate surface area is 209 Å². The van der Waals surface area contributed by atoms with Gasteiger partial charge in [0, 0.05) is 18.0 Å². The SMILES string of the molecule is CCN1C(=O)C(=C2Sc3ccccc3N2CC)SC1=Nc1ccc(C=Cc2ccccc2)cc1. The number of likely N-dealkylation sites (N-methyl/N-ethyl adjacent to an activating group) is 1. The van der Waals surface area contributed by atoms with Crippen LogP contribution in [0.15, 0.2) is 98.7 Å². The van der Waals surface area contributed by atoms with Gasteiger partial charge in [-0.1, -0.05) is 78.5 Å². The van der Waals surface area contributed by atoms with Crippen molar-refractivity contribution in [2.75, 3.05) is 18.0 Å². The molecule has 4 nitrogen and oxygen atoms in total. The van der Waals surface area contributed by atoms with Crippen molar-refractivity contribution in [3.63, 3.8) is 0 Å². The van der Waals surface area contributed by atoms with Crippen LogP contribution in [0.5, 0.6) is 0 Å². The zero-order valence-electron chi connectivity index (χ0n) is 19.1. The number of benzene rings is 3. The van der Waals surface area contributed by atoms with E-state index in [0.717, 1.165) is 32.9 Å². The number of amides is 1. The van der Waals surface area contributed by atoms with Gasteiger partial charge in [-0.3, -0.25) is 9.69 Å². The van der Waals surface area contributed by atoms with Crippen LogP contribution in [-0.4, -0.2) is 29.1 Å². The fourth-order valence-electron chi connectivity index (χ4n) is 3.94. The van der Waals surface area contributed by atoms with Crippen molar-refractivity contribution in [1.82, 2.24) is 4.90 Å². The Hall–Kier alpha value is -3.22. The lowest BCUT2D eigenvalue weighted by Crippen LogP contribution is -2.29. The molecule has 5 rings (SSSR count). The highest BCUT2D eigenvalue weighted by Crippen LogP contribution is 2.50. The van der Waals surface area contributed by atoms with Crippen LogP contribution in [-0.2, 0) is 4.79 Å². The molecular weight excluding hydrogens is 458 g/mol. The van der Waals surface area contributed by atoms with Gasteiger partial charge in [0.2, 0.25) is 0 Å². The van der Waals surface area contributed by atoms with Gasteiger partial charge in [-0.05, 0) is 61.0 Å². The van der Waals surface area contributed by atoms with Crippen molar-refractivity contribution < 1.29 is 4.79 Å². The molecule has 2 aliphatic heterocycles. The minimum absolute atomic E-state index is 0.0300. The summed E-state index contributed by atoms with van der Waals surface area (Å²) >= 11 is 3.15. The first-order valence-electron chi connectivity index (χ1n) is 11.4. The molecule has 3 aromatic rings. The lowest BCUT2D eigenvalue weighted by molar-refractivity contribution is -0.122. The molecule has 0 atom stereocenters. The van der Waals surface area contributed by atoms with E-state index < -0.39 is 0 Å². The molecule has 0 aromatic heterocycles. The van der Waals surface area contributed by atoms with E-state index >= 15 is 0 Å². The van der Waals surface area contributed by atoms with Crippen LogP contribution in [0.3, 0.4) is 0 Å².